The number of hydrogen-bond acceptors (Lipinski definition) is 5. The summed E-state index contributed by atoms with van der Waals surface area (Å²) in [5, 5.41) is 15.0. The van der Waals surface area contributed by atoms with E-state index in [1.807, 2.05) is 22.9 Å². The third-order valence-electron chi connectivity index (χ3n) is 4.88. The van der Waals surface area contributed by atoms with Gasteiger partial charge in [-0.25, -0.2) is 4.68 Å². The van der Waals surface area contributed by atoms with Crippen LogP contribution in [0.15, 0.2) is 70.7 Å². The molecule has 3 heterocycles. The van der Waals surface area contributed by atoms with E-state index >= 15 is 0 Å². The lowest BCUT2D eigenvalue weighted by molar-refractivity contribution is -0.953. The number of nitrogens with zero attached hydrogens (tertiary/aromatic N) is 4. The molecule has 1 unspecified atom stereocenters. The molecule has 1 aromatic carbocycles. The van der Waals surface area contributed by atoms with Gasteiger partial charge < -0.3 is 9.32 Å². The van der Waals surface area contributed by atoms with Gasteiger partial charge in [0.2, 0.25) is 5.82 Å². The lowest BCUT2D eigenvalue weighted by atomic mass is 10.1. The van der Waals surface area contributed by atoms with E-state index in [2.05, 4.69) is 78.1 Å². The van der Waals surface area contributed by atoms with Crippen molar-refractivity contribution in [3.63, 3.8) is 0 Å². The van der Waals surface area contributed by atoms with Crippen molar-refractivity contribution >= 4 is 11.3 Å². The molecule has 0 aliphatic rings. The Morgan fingerprint density at radius 3 is 2.52 bits per heavy atom. The fourth-order valence-electron chi connectivity index (χ4n) is 3.58. The molecule has 0 spiro atoms. The number of quaternary nitrogens is 1. The first-order valence-electron chi connectivity index (χ1n) is 9.75. The van der Waals surface area contributed by atoms with Crippen LogP contribution in [0.5, 0.6) is 0 Å². The Morgan fingerprint density at radius 2 is 1.86 bits per heavy atom. The van der Waals surface area contributed by atoms with Gasteiger partial charge in [-0.2, -0.15) is 0 Å². The highest BCUT2D eigenvalue weighted by Gasteiger charge is 2.35. The van der Waals surface area contributed by atoms with E-state index in [0.717, 1.165) is 24.7 Å². The minimum Gasteiger partial charge on any atom is -0.463 e. The lowest BCUT2D eigenvalue weighted by Gasteiger charge is -2.29. The number of rotatable bonds is 7. The molecule has 0 amide bonds. The summed E-state index contributed by atoms with van der Waals surface area (Å²) >= 11 is 1.74. The van der Waals surface area contributed by atoms with Crippen LogP contribution in [-0.2, 0) is 18.6 Å². The van der Waals surface area contributed by atoms with Crippen molar-refractivity contribution < 1.29 is 9.32 Å². The Labute approximate surface area is 174 Å². The van der Waals surface area contributed by atoms with Crippen LogP contribution in [0, 0.1) is 0 Å². The van der Waals surface area contributed by atoms with Crippen molar-refractivity contribution in [3.05, 3.63) is 88.3 Å². The Morgan fingerprint density at radius 1 is 1.03 bits per heavy atom. The van der Waals surface area contributed by atoms with Crippen LogP contribution in [0.1, 0.15) is 48.8 Å². The second kappa shape index (κ2) is 8.31. The van der Waals surface area contributed by atoms with Crippen LogP contribution >= 0.6 is 11.3 Å². The SMILES string of the molecule is CC(C)(C)n1nnnc1[C@H](c1cccs1)[NH+](Cc1ccccc1)Cc1ccco1. The summed E-state index contributed by atoms with van der Waals surface area (Å²) in [7, 11) is 0. The third kappa shape index (κ3) is 4.46. The average molecular weight is 409 g/mol. The quantitative estimate of drug-likeness (QED) is 0.509. The smallest absolute Gasteiger partial charge is 0.215 e. The maximum absolute atomic E-state index is 5.71. The van der Waals surface area contributed by atoms with Crippen molar-refractivity contribution in [2.24, 2.45) is 0 Å². The van der Waals surface area contributed by atoms with Gasteiger partial charge in [-0.1, -0.05) is 36.4 Å². The Bertz CT molecular complexity index is 1000. The van der Waals surface area contributed by atoms with E-state index in [-0.39, 0.29) is 11.6 Å². The number of aromatic nitrogens is 4. The zero-order chi connectivity index (χ0) is 20.3. The number of tetrazole rings is 1. The van der Waals surface area contributed by atoms with Crippen molar-refractivity contribution in [3.8, 4) is 0 Å². The van der Waals surface area contributed by atoms with Crippen molar-refractivity contribution in [2.75, 3.05) is 0 Å². The van der Waals surface area contributed by atoms with Crippen LogP contribution in [0.4, 0.5) is 0 Å². The molecule has 6 nitrogen and oxygen atoms in total. The molecule has 0 fully saturated rings. The van der Waals surface area contributed by atoms with Gasteiger partial charge in [-0.15, -0.1) is 16.4 Å². The summed E-state index contributed by atoms with van der Waals surface area (Å²) in [5.41, 5.74) is 1.06. The Balaban J connectivity index is 1.79. The van der Waals surface area contributed by atoms with Crippen molar-refractivity contribution in [1.82, 2.24) is 20.2 Å². The first kappa shape index (κ1) is 19.5. The number of benzene rings is 1. The molecule has 150 valence electrons. The number of thiophene rings is 1. The van der Waals surface area contributed by atoms with Crippen molar-refractivity contribution in [2.45, 2.75) is 45.4 Å². The molecule has 0 aliphatic heterocycles. The molecule has 4 rings (SSSR count). The van der Waals surface area contributed by atoms with Crippen LogP contribution < -0.4 is 4.90 Å². The maximum atomic E-state index is 5.71. The minimum atomic E-state index is -0.211. The predicted octanol–water partition coefficient (Wildman–Crippen LogP) is 3.46. The van der Waals surface area contributed by atoms with Crippen LogP contribution in [0.3, 0.4) is 0 Å². The predicted molar refractivity (Wildman–Crippen MR) is 112 cm³/mol. The zero-order valence-electron chi connectivity index (χ0n) is 16.9. The largest absolute Gasteiger partial charge is 0.463 e. The van der Waals surface area contributed by atoms with Crippen LogP contribution in [0.25, 0.3) is 0 Å². The second-order valence-corrected chi connectivity index (χ2v) is 9.12. The van der Waals surface area contributed by atoms with E-state index in [4.69, 9.17) is 4.42 Å². The number of furan rings is 1. The Hall–Kier alpha value is -2.77. The van der Waals surface area contributed by atoms with Gasteiger partial charge in [0.25, 0.3) is 0 Å². The van der Waals surface area contributed by atoms with E-state index in [0.29, 0.717) is 0 Å². The van der Waals surface area contributed by atoms with Crippen LogP contribution in [-0.4, -0.2) is 20.2 Å². The van der Waals surface area contributed by atoms with E-state index in [1.165, 1.54) is 15.3 Å². The lowest BCUT2D eigenvalue weighted by Crippen LogP contribution is -3.10. The molecule has 3 aromatic heterocycles. The molecule has 1 N–H and O–H groups in total. The fraction of sp³-hybridized carbons (Fsp3) is 0.318. The topological polar surface area (TPSA) is 61.2 Å². The molecular weight excluding hydrogens is 382 g/mol. The summed E-state index contributed by atoms with van der Waals surface area (Å²) in [5.74, 6) is 1.82. The molecule has 7 heteroatoms. The molecule has 2 atom stereocenters. The standard InChI is InChI=1S/C22H25N5OS/c1-22(2,3)27-21(23-24-25-27)20(19-12-8-14-29-19)26(16-18-11-7-13-28-18)15-17-9-5-4-6-10-17/h4-14,20H,15-16H2,1-3H3/p+1/t20-/m0/s1. The first-order valence-corrected chi connectivity index (χ1v) is 10.6. The summed E-state index contributed by atoms with van der Waals surface area (Å²) in [6.45, 7) is 7.95. The zero-order valence-corrected chi connectivity index (χ0v) is 17.8. The maximum Gasteiger partial charge on any atom is 0.215 e. The summed E-state index contributed by atoms with van der Waals surface area (Å²) in [6.07, 6.45) is 1.73. The molecular formula is C22H26N5OS+. The van der Waals surface area contributed by atoms with Gasteiger partial charge in [0.1, 0.15) is 13.1 Å². The normalized spacial score (nSPS) is 14.0. The summed E-state index contributed by atoms with van der Waals surface area (Å²) in [4.78, 5) is 2.55. The first-order chi connectivity index (χ1) is 14.0. The van der Waals surface area contributed by atoms with Gasteiger partial charge in [-0.05, 0) is 54.8 Å². The van der Waals surface area contributed by atoms with Gasteiger partial charge >= 0.3 is 0 Å². The highest BCUT2D eigenvalue weighted by Crippen LogP contribution is 2.26. The van der Waals surface area contributed by atoms with E-state index in [9.17, 15) is 0 Å². The average Bonchev–Trinajstić information content (AvgIpc) is 3.45. The summed E-state index contributed by atoms with van der Waals surface area (Å²) < 4.78 is 7.66. The van der Waals surface area contributed by atoms with E-state index in [1.54, 1.807) is 17.6 Å². The molecule has 0 saturated heterocycles. The van der Waals surface area contributed by atoms with Gasteiger partial charge in [0.15, 0.2) is 11.8 Å². The molecule has 0 aliphatic carbocycles. The second-order valence-electron chi connectivity index (χ2n) is 8.14. The molecule has 0 radical (unpaired) electrons. The fourth-order valence-corrected chi connectivity index (χ4v) is 4.46. The highest BCUT2D eigenvalue weighted by atomic mass is 32.1. The molecule has 0 saturated carbocycles. The van der Waals surface area contributed by atoms with E-state index < -0.39 is 0 Å². The monoisotopic (exact) mass is 408 g/mol. The van der Waals surface area contributed by atoms with Gasteiger partial charge in [0.05, 0.1) is 16.7 Å². The van der Waals surface area contributed by atoms with Crippen molar-refractivity contribution in [1.29, 1.82) is 0 Å². The number of hydrogen-bond donors (Lipinski definition) is 1. The molecule has 0 bridgehead atoms. The van der Waals surface area contributed by atoms with Crippen LogP contribution in [0.2, 0.25) is 0 Å². The number of nitrogens with one attached hydrogen (secondary N) is 1. The Kier molecular flexibility index (Phi) is 5.60. The molecule has 4 aromatic rings. The van der Waals surface area contributed by atoms with Gasteiger partial charge in [0, 0.05) is 5.56 Å². The van der Waals surface area contributed by atoms with Gasteiger partial charge in [-0.3, -0.25) is 0 Å². The highest BCUT2D eigenvalue weighted by molar-refractivity contribution is 7.10. The summed E-state index contributed by atoms with van der Waals surface area (Å²) in [6, 6.07) is 18.8. The third-order valence-corrected chi connectivity index (χ3v) is 5.82. The minimum absolute atomic E-state index is 0.00506. The molecule has 29 heavy (non-hydrogen) atoms.